The molecule has 0 unspecified atom stereocenters. The molecular formula is C14H13N5S. The number of para-hydroxylation sites is 1. The topological polar surface area (TPSA) is 80.5 Å². The third kappa shape index (κ3) is 2.12. The van der Waals surface area contributed by atoms with Crippen molar-refractivity contribution in [2.75, 3.05) is 5.73 Å². The first-order valence-corrected chi connectivity index (χ1v) is 7.13. The Morgan fingerprint density at radius 3 is 2.95 bits per heavy atom. The van der Waals surface area contributed by atoms with Gasteiger partial charge in [-0.15, -0.1) is 11.3 Å². The summed E-state index contributed by atoms with van der Waals surface area (Å²) in [6.07, 6.45) is 0.810. The number of nitrogens with two attached hydrogens (primary N) is 1. The maximum Gasteiger partial charge on any atom is 0.201 e. The van der Waals surface area contributed by atoms with Gasteiger partial charge in [-0.05, 0) is 19.1 Å². The number of anilines is 1. The third-order valence-electron chi connectivity index (χ3n) is 3.14. The summed E-state index contributed by atoms with van der Waals surface area (Å²) in [6.45, 7) is 2.70. The molecule has 2 aromatic heterocycles. The summed E-state index contributed by atoms with van der Waals surface area (Å²) in [7, 11) is 0. The number of rotatable bonds is 3. The van der Waals surface area contributed by atoms with Gasteiger partial charge < -0.3 is 10.3 Å². The number of imidazole rings is 1. The van der Waals surface area contributed by atoms with Crippen LogP contribution in [0.5, 0.6) is 0 Å². The van der Waals surface area contributed by atoms with E-state index in [2.05, 4.69) is 16.0 Å². The number of hydrogen-bond donors (Lipinski definition) is 1. The van der Waals surface area contributed by atoms with Crippen LogP contribution < -0.4 is 5.73 Å². The van der Waals surface area contributed by atoms with Crippen LogP contribution in [0.25, 0.3) is 11.0 Å². The van der Waals surface area contributed by atoms with Crippen molar-refractivity contribution in [2.24, 2.45) is 0 Å². The molecule has 1 aromatic carbocycles. The van der Waals surface area contributed by atoms with Gasteiger partial charge in [0.05, 0.1) is 16.1 Å². The number of hydrogen-bond acceptors (Lipinski definition) is 5. The van der Waals surface area contributed by atoms with Gasteiger partial charge in [-0.2, -0.15) is 5.26 Å². The van der Waals surface area contributed by atoms with E-state index in [1.54, 1.807) is 17.4 Å². The van der Waals surface area contributed by atoms with Gasteiger partial charge in [0.25, 0.3) is 0 Å². The van der Waals surface area contributed by atoms with E-state index in [1.165, 1.54) is 0 Å². The normalized spacial score (nSPS) is 10.8. The summed E-state index contributed by atoms with van der Waals surface area (Å²) < 4.78 is 1.94. The standard InChI is InChI=1S/C14H13N5S/c1-9-8-20-12(17-9)5-6-19-11-4-2-3-10(7-15)13(11)18-14(19)16/h2-4,8H,5-6H2,1H3,(H2,16,18). The molecule has 0 spiro atoms. The van der Waals surface area contributed by atoms with E-state index in [9.17, 15) is 0 Å². The zero-order valence-electron chi connectivity index (χ0n) is 11.0. The fraction of sp³-hybridized carbons (Fsp3) is 0.214. The number of nitriles is 1. The maximum atomic E-state index is 9.10. The van der Waals surface area contributed by atoms with Gasteiger partial charge in [-0.3, -0.25) is 0 Å². The number of aryl methyl sites for hydroxylation is 3. The monoisotopic (exact) mass is 283 g/mol. The summed E-state index contributed by atoms with van der Waals surface area (Å²) in [5, 5.41) is 12.2. The quantitative estimate of drug-likeness (QED) is 0.800. The molecule has 2 heterocycles. The van der Waals surface area contributed by atoms with E-state index in [0.29, 0.717) is 23.6 Å². The molecule has 0 aliphatic heterocycles. The number of nitrogens with zero attached hydrogens (tertiary/aromatic N) is 4. The van der Waals surface area contributed by atoms with Gasteiger partial charge in [0.15, 0.2) is 0 Å². The van der Waals surface area contributed by atoms with Crippen molar-refractivity contribution in [1.82, 2.24) is 14.5 Å². The molecule has 0 fully saturated rings. The summed E-state index contributed by atoms with van der Waals surface area (Å²) in [6, 6.07) is 7.69. The Morgan fingerprint density at radius 2 is 2.25 bits per heavy atom. The summed E-state index contributed by atoms with van der Waals surface area (Å²) in [5.41, 5.74) is 9.13. The van der Waals surface area contributed by atoms with Crippen molar-refractivity contribution in [1.29, 1.82) is 5.26 Å². The van der Waals surface area contributed by atoms with Crippen LogP contribution in [0.3, 0.4) is 0 Å². The molecule has 100 valence electrons. The molecular weight excluding hydrogens is 270 g/mol. The highest BCUT2D eigenvalue weighted by Gasteiger charge is 2.11. The highest BCUT2D eigenvalue weighted by atomic mass is 32.1. The predicted octanol–water partition coefficient (Wildman–Crippen LogP) is 2.50. The summed E-state index contributed by atoms with van der Waals surface area (Å²) >= 11 is 1.65. The van der Waals surface area contributed by atoms with Crippen molar-refractivity contribution in [3.63, 3.8) is 0 Å². The molecule has 0 aliphatic carbocycles. The molecule has 5 nitrogen and oxygen atoms in total. The van der Waals surface area contributed by atoms with Crippen molar-refractivity contribution in [2.45, 2.75) is 19.9 Å². The van der Waals surface area contributed by atoms with Crippen molar-refractivity contribution in [3.8, 4) is 6.07 Å². The smallest absolute Gasteiger partial charge is 0.201 e. The van der Waals surface area contributed by atoms with Crippen LogP contribution in [-0.4, -0.2) is 14.5 Å². The van der Waals surface area contributed by atoms with Crippen LogP contribution in [0.1, 0.15) is 16.3 Å². The predicted molar refractivity (Wildman–Crippen MR) is 79.4 cm³/mol. The Balaban J connectivity index is 1.95. The van der Waals surface area contributed by atoms with Crippen LogP contribution in [-0.2, 0) is 13.0 Å². The van der Waals surface area contributed by atoms with Crippen LogP contribution in [0.15, 0.2) is 23.6 Å². The molecule has 0 atom stereocenters. The van der Waals surface area contributed by atoms with Crippen molar-refractivity contribution < 1.29 is 0 Å². The van der Waals surface area contributed by atoms with Gasteiger partial charge in [-0.25, -0.2) is 9.97 Å². The molecule has 3 aromatic rings. The van der Waals surface area contributed by atoms with E-state index in [4.69, 9.17) is 11.0 Å². The first kappa shape index (κ1) is 12.6. The van der Waals surface area contributed by atoms with Crippen LogP contribution in [0.4, 0.5) is 5.95 Å². The number of benzene rings is 1. The molecule has 0 bridgehead atoms. The highest BCUT2D eigenvalue weighted by molar-refractivity contribution is 7.09. The van der Waals surface area contributed by atoms with Gasteiger partial charge in [0, 0.05) is 24.0 Å². The van der Waals surface area contributed by atoms with Crippen molar-refractivity contribution >= 4 is 28.3 Å². The number of nitrogen functional groups attached to an aromatic ring is 1. The average Bonchev–Trinajstić information content (AvgIpc) is 2.99. The molecule has 2 N–H and O–H groups in total. The van der Waals surface area contributed by atoms with E-state index in [1.807, 2.05) is 29.0 Å². The molecule has 0 radical (unpaired) electrons. The SMILES string of the molecule is Cc1csc(CCn2c(N)nc3c(C#N)cccc32)n1. The Labute approximate surface area is 120 Å². The lowest BCUT2D eigenvalue weighted by Crippen LogP contribution is -2.05. The molecule has 0 aliphatic rings. The lowest BCUT2D eigenvalue weighted by Gasteiger charge is -2.04. The lowest BCUT2D eigenvalue weighted by molar-refractivity contribution is 0.721. The average molecular weight is 283 g/mol. The summed E-state index contributed by atoms with van der Waals surface area (Å²) in [5.74, 6) is 0.441. The van der Waals surface area contributed by atoms with Crippen molar-refractivity contribution in [3.05, 3.63) is 39.8 Å². The minimum Gasteiger partial charge on any atom is -0.369 e. The second-order valence-corrected chi connectivity index (χ2v) is 5.48. The molecule has 0 amide bonds. The maximum absolute atomic E-state index is 9.10. The number of fused-ring (bicyclic) bond motifs is 1. The molecule has 6 heteroatoms. The molecule has 3 rings (SSSR count). The first-order chi connectivity index (χ1) is 9.69. The van der Waals surface area contributed by atoms with E-state index in [-0.39, 0.29) is 0 Å². The zero-order valence-corrected chi connectivity index (χ0v) is 11.8. The first-order valence-electron chi connectivity index (χ1n) is 6.25. The van der Waals surface area contributed by atoms with Gasteiger partial charge >= 0.3 is 0 Å². The Morgan fingerprint density at radius 1 is 1.40 bits per heavy atom. The molecule has 0 saturated heterocycles. The van der Waals surface area contributed by atoms with Gasteiger partial charge in [0.2, 0.25) is 5.95 Å². The Bertz CT molecular complexity index is 809. The van der Waals surface area contributed by atoms with Crippen LogP contribution >= 0.6 is 11.3 Å². The summed E-state index contributed by atoms with van der Waals surface area (Å²) in [4.78, 5) is 8.75. The highest BCUT2D eigenvalue weighted by Crippen LogP contribution is 2.22. The van der Waals surface area contributed by atoms with Crippen LogP contribution in [0.2, 0.25) is 0 Å². The van der Waals surface area contributed by atoms with Gasteiger partial charge in [0.1, 0.15) is 11.6 Å². The Hall–Kier alpha value is -2.39. The van der Waals surface area contributed by atoms with E-state index in [0.717, 1.165) is 22.6 Å². The van der Waals surface area contributed by atoms with E-state index < -0.39 is 0 Å². The third-order valence-corrected chi connectivity index (χ3v) is 4.17. The fourth-order valence-electron chi connectivity index (χ4n) is 2.22. The number of thiazole rings is 1. The number of aromatic nitrogens is 3. The lowest BCUT2D eigenvalue weighted by atomic mass is 10.2. The second kappa shape index (κ2) is 4.94. The van der Waals surface area contributed by atoms with Gasteiger partial charge in [-0.1, -0.05) is 6.07 Å². The molecule has 20 heavy (non-hydrogen) atoms. The minimum atomic E-state index is 0.441. The van der Waals surface area contributed by atoms with E-state index >= 15 is 0 Å². The zero-order chi connectivity index (χ0) is 14.1. The minimum absolute atomic E-state index is 0.441. The largest absolute Gasteiger partial charge is 0.369 e. The fourth-order valence-corrected chi connectivity index (χ4v) is 2.98. The second-order valence-electron chi connectivity index (χ2n) is 4.54. The molecule has 0 saturated carbocycles. The van der Waals surface area contributed by atoms with Crippen LogP contribution in [0, 0.1) is 18.3 Å². The Kier molecular flexibility index (Phi) is 3.12.